The summed E-state index contributed by atoms with van der Waals surface area (Å²) in [6.07, 6.45) is 11.4. The summed E-state index contributed by atoms with van der Waals surface area (Å²) in [4.78, 5) is 0. The summed E-state index contributed by atoms with van der Waals surface area (Å²) >= 11 is 0. The van der Waals surface area contributed by atoms with Crippen LogP contribution in [0.1, 0.15) is 79.6 Å². The van der Waals surface area contributed by atoms with Gasteiger partial charge in [0.15, 0.2) is 0 Å². The lowest BCUT2D eigenvalue weighted by Gasteiger charge is -2.36. The van der Waals surface area contributed by atoms with Crippen LogP contribution >= 0.6 is 0 Å². The minimum absolute atomic E-state index is 0.666. The molecule has 2 nitrogen and oxygen atoms in total. The summed E-state index contributed by atoms with van der Waals surface area (Å²) in [6.45, 7) is 16.5. The Morgan fingerprint density at radius 2 is 1.10 bits per heavy atom. The van der Waals surface area contributed by atoms with Crippen LogP contribution in [0.15, 0.2) is 11.8 Å². The second-order valence-electron chi connectivity index (χ2n) is 5.88. The van der Waals surface area contributed by atoms with Crippen LogP contribution in [0, 0.1) is 0 Å². The van der Waals surface area contributed by atoms with Gasteiger partial charge in [0.05, 0.1) is 0 Å². The lowest BCUT2D eigenvalue weighted by atomic mass is 10.2. The SMILES string of the molecule is CCCCC=C[Si](N(CCC)CCC)N(CCC)CCC. The molecule has 0 saturated heterocycles. The molecular formula is C18H39N2Si. The molecule has 0 spiro atoms. The van der Waals surface area contributed by atoms with Crippen molar-refractivity contribution in [2.24, 2.45) is 0 Å². The third kappa shape index (κ3) is 9.49. The van der Waals surface area contributed by atoms with Gasteiger partial charge in [0.25, 0.3) is 9.12 Å². The minimum atomic E-state index is -0.666. The smallest absolute Gasteiger partial charge is 0.258 e. The van der Waals surface area contributed by atoms with E-state index in [0.29, 0.717) is 0 Å². The molecule has 0 fully saturated rings. The van der Waals surface area contributed by atoms with E-state index in [-0.39, 0.29) is 0 Å². The standard InChI is InChI=1S/C18H39N2Si/c1-6-11-12-13-18-21(19(14-7-2)15-8-3)20(16-9-4)17-10-5/h13,18H,6-12,14-17H2,1-5H3. The zero-order valence-corrected chi connectivity index (χ0v) is 16.3. The van der Waals surface area contributed by atoms with Crippen LogP contribution in [0.25, 0.3) is 0 Å². The maximum absolute atomic E-state index is 2.78. The normalized spacial score (nSPS) is 12.4. The molecular weight excluding hydrogens is 272 g/mol. The largest absolute Gasteiger partial charge is 0.308 e. The van der Waals surface area contributed by atoms with Crippen molar-refractivity contribution in [3.05, 3.63) is 11.8 Å². The average molecular weight is 312 g/mol. The number of unbranched alkanes of at least 4 members (excludes halogenated alkanes) is 2. The Kier molecular flexibility index (Phi) is 14.7. The first-order valence-electron chi connectivity index (χ1n) is 9.28. The fraction of sp³-hybridized carbons (Fsp3) is 0.889. The zero-order chi connectivity index (χ0) is 15.9. The minimum Gasteiger partial charge on any atom is -0.308 e. The lowest BCUT2D eigenvalue weighted by molar-refractivity contribution is 0.346. The molecule has 0 aliphatic carbocycles. The van der Waals surface area contributed by atoms with Crippen LogP contribution in [0.4, 0.5) is 0 Å². The summed E-state index contributed by atoms with van der Waals surface area (Å²) in [6, 6.07) is 0. The van der Waals surface area contributed by atoms with Crippen LogP contribution in [0.2, 0.25) is 0 Å². The van der Waals surface area contributed by atoms with E-state index in [1.807, 2.05) is 0 Å². The summed E-state index contributed by atoms with van der Waals surface area (Å²) in [5.41, 5.74) is 2.58. The van der Waals surface area contributed by atoms with Gasteiger partial charge in [-0.15, -0.1) is 0 Å². The summed E-state index contributed by atoms with van der Waals surface area (Å²) in [5.74, 6) is 0. The molecule has 0 aromatic carbocycles. The summed E-state index contributed by atoms with van der Waals surface area (Å²) in [7, 11) is -0.666. The lowest BCUT2D eigenvalue weighted by Crippen LogP contribution is -2.53. The highest BCUT2D eigenvalue weighted by atomic mass is 28.3. The fourth-order valence-electron chi connectivity index (χ4n) is 2.68. The van der Waals surface area contributed by atoms with Crippen molar-refractivity contribution in [2.45, 2.75) is 79.6 Å². The van der Waals surface area contributed by atoms with Crippen LogP contribution in [0.3, 0.4) is 0 Å². The second kappa shape index (κ2) is 14.8. The number of hydrogen-bond donors (Lipinski definition) is 0. The van der Waals surface area contributed by atoms with E-state index < -0.39 is 9.12 Å². The first-order chi connectivity index (χ1) is 10.2. The molecule has 0 N–H and O–H groups in total. The van der Waals surface area contributed by atoms with E-state index in [1.165, 1.54) is 71.1 Å². The van der Waals surface area contributed by atoms with Crippen LogP contribution in [-0.2, 0) is 0 Å². The number of nitrogens with zero attached hydrogens (tertiary/aromatic N) is 2. The zero-order valence-electron chi connectivity index (χ0n) is 15.3. The first-order valence-corrected chi connectivity index (χ1v) is 10.7. The molecule has 0 rings (SSSR count). The van der Waals surface area contributed by atoms with E-state index in [4.69, 9.17) is 0 Å². The highest BCUT2D eigenvalue weighted by Gasteiger charge is 2.24. The summed E-state index contributed by atoms with van der Waals surface area (Å²) in [5, 5.41) is 0. The predicted molar refractivity (Wildman–Crippen MR) is 98.7 cm³/mol. The molecule has 0 aromatic heterocycles. The molecule has 125 valence electrons. The van der Waals surface area contributed by atoms with Gasteiger partial charge < -0.3 is 9.13 Å². The molecule has 3 heteroatoms. The first kappa shape index (κ1) is 20.9. The molecule has 0 aliphatic heterocycles. The number of rotatable bonds is 14. The Balaban J connectivity index is 4.94. The Morgan fingerprint density at radius 1 is 0.667 bits per heavy atom. The molecule has 1 radical (unpaired) electrons. The Bertz CT molecular complexity index is 215. The molecule has 0 heterocycles. The molecule has 0 aromatic rings. The predicted octanol–water partition coefficient (Wildman–Crippen LogP) is 5.00. The number of hydrogen-bond acceptors (Lipinski definition) is 2. The van der Waals surface area contributed by atoms with Gasteiger partial charge in [-0.1, -0.05) is 59.2 Å². The molecule has 0 saturated carbocycles. The van der Waals surface area contributed by atoms with Gasteiger partial charge in [-0.2, -0.15) is 0 Å². The van der Waals surface area contributed by atoms with Gasteiger partial charge in [-0.25, -0.2) is 0 Å². The van der Waals surface area contributed by atoms with E-state index >= 15 is 0 Å². The molecule has 0 amide bonds. The van der Waals surface area contributed by atoms with Crippen LogP contribution < -0.4 is 0 Å². The van der Waals surface area contributed by atoms with Crippen molar-refractivity contribution in [1.82, 2.24) is 9.13 Å². The third-order valence-corrected chi connectivity index (χ3v) is 6.34. The molecule has 0 unspecified atom stereocenters. The van der Waals surface area contributed by atoms with Gasteiger partial charge in [0, 0.05) is 0 Å². The number of allylic oxidation sites excluding steroid dienone is 1. The van der Waals surface area contributed by atoms with Crippen molar-refractivity contribution in [1.29, 1.82) is 0 Å². The van der Waals surface area contributed by atoms with Gasteiger partial charge in [-0.05, 0) is 58.3 Å². The van der Waals surface area contributed by atoms with Gasteiger partial charge in [0.2, 0.25) is 0 Å². The van der Waals surface area contributed by atoms with Crippen LogP contribution in [0.5, 0.6) is 0 Å². The highest BCUT2D eigenvalue weighted by Crippen LogP contribution is 2.09. The fourth-order valence-corrected chi connectivity index (χ4v) is 5.69. The molecule has 21 heavy (non-hydrogen) atoms. The van der Waals surface area contributed by atoms with Crippen molar-refractivity contribution in [3.63, 3.8) is 0 Å². The monoisotopic (exact) mass is 311 g/mol. The second-order valence-corrected chi connectivity index (χ2v) is 8.19. The Hall–Kier alpha value is -0.123. The van der Waals surface area contributed by atoms with Gasteiger partial charge >= 0.3 is 0 Å². The third-order valence-electron chi connectivity index (χ3n) is 3.61. The average Bonchev–Trinajstić information content (AvgIpc) is 2.47. The van der Waals surface area contributed by atoms with Gasteiger partial charge in [-0.3, -0.25) is 0 Å². The molecule has 0 atom stereocenters. The van der Waals surface area contributed by atoms with Crippen LogP contribution in [-0.4, -0.2) is 44.4 Å². The molecule has 0 aliphatic rings. The van der Waals surface area contributed by atoms with Crippen molar-refractivity contribution in [2.75, 3.05) is 26.2 Å². The van der Waals surface area contributed by atoms with E-state index in [2.05, 4.69) is 55.5 Å². The quantitative estimate of drug-likeness (QED) is 0.329. The van der Waals surface area contributed by atoms with Crippen molar-refractivity contribution < 1.29 is 0 Å². The van der Waals surface area contributed by atoms with Gasteiger partial charge in [0.1, 0.15) is 0 Å². The van der Waals surface area contributed by atoms with Crippen molar-refractivity contribution >= 4 is 9.12 Å². The maximum atomic E-state index is 2.78. The summed E-state index contributed by atoms with van der Waals surface area (Å²) < 4.78 is 5.55. The maximum Gasteiger partial charge on any atom is 0.258 e. The highest BCUT2D eigenvalue weighted by molar-refractivity contribution is 6.58. The van der Waals surface area contributed by atoms with E-state index in [9.17, 15) is 0 Å². The van der Waals surface area contributed by atoms with E-state index in [1.54, 1.807) is 0 Å². The van der Waals surface area contributed by atoms with Crippen molar-refractivity contribution in [3.8, 4) is 0 Å². The van der Waals surface area contributed by atoms with E-state index in [0.717, 1.165) is 0 Å². The topological polar surface area (TPSA) is 6.48 Å². The Morgan fingerprint density at radius 3 is 1.43 bits per heavy atom. The molecule has 0 bridgehead atoms. The Labute approximate surface area is 136 Å².